The molecule has 4 aliphatic heterocycles. The minimum atomic E-state index is 0.451. The van der Waals surface area contributed by atoms with E-state index in [1.807, 2.05) is 30.3 Å². The number of amides is 1. The summed E-state index contributed by atoms with van der Waals surface area (Å²) < 4.78 is 10.7. The molecular weight excluding hydrogens is 414 g/mol. The Morgan fingerprint density at radius 3 is 2.76 bits per heavy atom. The molecule has 0 spiro atoms. The van der Waals surface area contributed by atoms with E-state index in [-0.39, 0.29) is 0 Å². The van der Waals surface area contributed by atoms with Crippen molar-refractivity contribution in [1.29, 1.82) is 0 Å². The maximum Gasteiger partial charge on any atom is 0.230 e. The van der Waals surface area contributed by atoms with Crippen LogP contribution in [0, 0.1) is 11.8 Å². The van der Waals surface area contributed by atoms with Crippen molar-refractivity contribution in [2.75, 3.05) is 26.7 Å². The van der Waals surface area contributed by atoms with Crippen molar-refractivity contribution < 1.29 is 13.9 Å². The number of fused-ring (bicyclic) bond motifs is 4. The Bertz CT molecular complexity index is 1160. The standard InChI is InChI=1S/C15H24N2O.C12H9NO2/c18-14-7-1-6-13-12-5-3-9-16-8-2-4-11(15(12)16)10-17(13)14;1-14-11-8-4-2-3-5-10(8)13-12-9(11)6-7-15-12/h11-13,15H,1-10H2;2-7H,1H3/t11-,12+,13+,15-;/m0./s1. The number of piperidine rings is 4. The Kier molecular flexibility index (Phi) is 5.49. The molecule has 3 aromatic rings. The number of ether oxygens (including phenoxy) is 1. The van der Waals surface area contributed by atoms with Crippen LogP contribution in [-0.2, 0) is 4.79 Å². The number of carbonyl (C=O) groups excluding carboxylic acids is 1. The Morgan fingerprint density at radius 2 is 1.88 bits per heavy atom. The zero-order valence-corrected chi connectivity index (χ0v) is 19.4. The SMILES string of the molecule is COc1c2ccccc2nc2occc12.O=C1CCC[C@@H]2[C@H]3CCCN4CCC[C@@H](CN12)[C@@H]34. The summed E-state index contributed by atoms with van der Waals surface area (Å²) in [6.45, 7) is 3.71. The van der Waals surface area contributed by atoms with Crippen molar-refractivity contribution >= 4 is 27.9 Å². The highest BCUT2D eigenvalue weighted by Crippen LogP contribution is 2.44. The third kappa shape index (κ3) is 3.59. The van der Waals surface area contributed by atoms with E-state index in [4.69, 9.17) is 9.15 Å². The average Bonchev–Trinajstić information content (AvgIpc) is 3.32. The van der Waals surface area contributed by atoms with E-state index in [1.54, 1.807) is 13.4 Å². The summed E-state index contributed by atoms with van der Waals surface area (Å²) in [4.78, 5) is 21.6. The van der Waals surface area contributed by atoms with Gasteiger partial charge in [-0.1, -0.05) is 12.1 Å². The average molecular weight is 448 g/mol. The second-order valence-electron chi connectivity index (χ2n) is 10.0. The van der Waals surface area contributed by atoms with E-state index in [9.17, 15) is 4.79 Å². The Balaban J connectivity index is 0.000000127. The minimum absolute atomic E-state index is 0.451. The lowest BCUT2D eigenvalue weighted by molar-refractivity contribution is -0.150. The van der Waals surface area contributed by atoms with E-state index in [1.165, 1.54) is 45.2 Å². The maximum atomic E-state index is 12.2. The monoisotopic (exact) mass is 447 g/mol. The third-order valence-electron chi connectivity index (χ3n) is 8.35. The largest absolute Gasteiger partial charge is 0.495 e. The van der Waals surface area contributed by atoms with Crippen molar-refractivity contribution in [2.45, 2.75) is 57.0 Å². The number of furan rings is 1. The molecule has 6 heterocycles. The maximum absolute atomic E-state index is 12.2. The number of carbonyl (C=O) groups is 1. The van der Waals surface area contributed by atoms with Crippen LogP contribution in [0.1, 0.15) is 44.9 Å². The fourth-order valence-electron chi connectivity index (χ4n) is 7.06. The molecule has 1 aromatic carbocycles. The van der Waals surface area contributed by atoms with Gasteiger partial charge in [0.25, 0.3) is 0 Å². The zero-order valence-electron chi connectivity index (χ0n) is 19.4. The number of para-hydroxylation sites is 1. The van der Waals surface area contributed by atoms with Gasteiger partial charge in [0.1, 0.15) is 5.75 Å². The number of hydrogen-bond donors (Lipinski definition) is 0. The Hall–Kier alpha value is -2.60. The molecule has 4 saturated heterocycles. The first-order valence-electron chi connectivity index (χ1n) is 12.6. The normalized spacial score (nSPS) is 29.2. The summed E-state index contributed by atoms with van der Waals surface area (Å²) in [6, 6.07) is 11.1. The molecule has 7 rings (SSSR count). The van der Waals surface area contributed by atoms with Crippen molar-refractivity contribution in [3.63, 3.8) is 0 Å². The van der Waals surface area contributed by atoms with Crippen LogP contribution in [0.2, 0.25) is 0 Å². The number of methoxy groups -OCH3 is 1. The van der Waals surface area contributed by atoms with Gasteiger partial charge in [0, 0.05) is 30.4 Å². The Morgan fingerprint density at radius 1 is 1.03 bits per heavy atom. The molecule has 4 aliphatic rings. The quantitative estimate of drug-likeness (QED) is 0.533. The van der Waals surface area contributed by atoms with E-state index >= 15 is 0 Å². The van der Waals surface area contributed by atoms with Crippen molar-refractivity contribution in [2.24, 2.45) is 11.8 Å². The van der Waals surface area contributed by atoms with Gasteiger partial charge in [0.2, 0.25) is 11.6 Å². The molecular formula is C27H33N3O3. The number of benzene rings is 1. The van der Waals surface area contributed by atoms with Gasteiger partial charge in [-0.2, -0.15) is 0 Å². The first-order valence-corrected chi connectivity index (χ1v) is 12.6. The second kappa shape index (κ2) is 8.64. The molecule has 0 radical (unpaired) electrons. The molecule has 0 aliphatic carbocycles. The molecule has 4 atom stereocenters. The summed E-state index contributed by atoms with van der Waals surface area (Å²) in [5.41, 5.74) is 1.50. The van der Waals surface area contributed by atoms with Crippen LogP contribution < -0.4 is 4.74 Å². The first kappa shape index (κ1) is 21.0. The van der Waals surface area contributed by atoms with Gasteiger partial charge in [-0.15, -0.1) is 0 Å². The summed E-state index contributed by atoms with van der Waals surface area (Å²) >= 11 is 0. The molecule has 6 heteroatoms. The van der Waals surface area contributed by atoms with Crippen LogP contribution in [0.5, 0.6) is 5.75 Å². The summed E-state index contributed by atoms with van der Waals surface area (Å²) in [5.74, 6) is 2.85. The van der Waals surface area contributed by atoms with Gasteiger partial charge >= 0.3 is 0 Å². The van der Waals surface area contributed by atoms with Crippen LogP contribution in [0.4, 0.5) is 0 Å². The van der Waals surface area contributed by atoms with Gasteiger partial charge < -0.3 is 14.1 Å². The van der Waals surface area contributed by atoms with Crippen LogP contribution in [0.15, 0.2) is 41.0 Å². The van der Waals surface area contributed by atoms with Gasteiger partial charge in [-0.25, -0.2) is 4.98 Å². The van der Waals surface area contributed by atoms with Gasteiger partial charge in [0.15, 0.2) is 0 Å². The molecule has 33 heavy (non-hydrogen) atoms. The highest BCUT2D eigenvalue weighted by atomic mass is 16.5. The summed E-state index contributed by atoms with van der Waals surface area (Å²) in [5, 5.41) is 1.92. The van der Waals surface area contributed by atoms with Crippen molar-refractivity contribution in [1.82, 2.24) is 14.8 Å². The fraction of sp³-hybridized carbons (Fsp3) is 0.556. The van der Waals surface area contributed by atoms with Gasteiger partial charge in [0.05, 0.1) is 24.3 Å². The summed E-state index contributed by atoms with van der Waals surface area (Å²) in [7, 11) is 1.66. The van der Waals surface area contributed by atoms with Gasteiger partial charge in [-0.05, 0) is 81.6 Å². The number of aromatic nitrogens is 1. The topological polar surface area (TPSA) is 58.8 Å². The summed E-state index contributed by atoms with van der Waals surface area (Å²) in [6.07, 6.45) is 10.3. The zero-order chi connectivity index (χ0) is 22.4. The fourth-order valence-corrected chi connectivity index (χ4v) is 7.06. The molecule has 1 amide bonds. The first-order chi connectivity index (χ1) is 16.2. The smallest absolute Gasteiger partial charge is 0.230 e. The van der Waals surface area contributed by atoms with Crippen LogP contribution in [0.25, 0.3) is 22.0 Å². The third-order valence-corrected chi connectivity index (χ3v) is 8.35. The number of rotatable bonds is 1. The number of hydrogen-bond acceptors (Lipinski definition) is 5. The predicted molar refractivity (Wildman–Crippen MR) is 128 cm³/mol. The lowest BCUT2D eigenvalue weighted by Gasteiger charge is -2.58. The van der Waals surface area contributed by atoms with E-state index in [2.05, 4.69) is 14.8 Å². The number of nitrogens with zero attached hydrogens (tertiary/aromatic N) is 3. The highest BCUT2D eigenvalue weighted by molar-refractivity contribution is 5.99. The van der Waals surface area contributed by atoms with Gasteiger partial charge in [-0.3, -0.25) is 9.69 Å². The lowest BCUT2D eigenvalue weighted by Crippen LogP contribution is -2.66. The van der Waals surface area contributed by atoms with Crippen LogP contribution in [-0.4, -0.2) is 59.5 Å². The second-order valence-corrected chi connectivity index (χ2v) is 10.0. The van der Waals surface area contributed by atoms with E-state index < -0.39 is 0 Å². The van der Waals surface area contributed by atoms with E-state index in [0.29, 0.717) is 17.7 Å². The predicted octanol–water partition coefficient (Wildman–Crippen LogP) is 4.86. The molecule has 0 N–H and O–H groups in total. The highest BCUT2D eigenvalue weighted by Gasteiger charge is 2.50. The minimum Gasteiger partial charge on any atom is -0.495 e. The van der Waals surface area contributed by atoms with E-state index in [0.717, 1.165) is 59.3 Å². The molecule has 174 valence electrons. The van der Waals surface area contributed by atoms with Crippen molar-refractivity contribution in [3.8, 4) is 5.75 Å². The molecule has 0 bridgehead atoms. The Labute approximate surface area is 194 Å². The molecule has 6 nitrogen and oxygen atoms in total. The van der Waals surface area contributed by atoms with Crippen molar-refractivity contribution in [3.05, 3.63) is 36.6 Å². The van der Waals surface area contributed by atoms with Crippen LogP contribution in [0.3, 0.4) is 0 Å². The molecule has 2 aromatic heterocycles. The lowest BCUT2D eigenvalue weighted by atomic mass is 9.68. The molecule has 0 unspecified atom stereocenters. The van der Waals surface area contributed by atoms with Crippen LogP contribution >= 0.6 is 0 Å². The number of pyridine rings is 1. The molecule has 4 fully saturated rings. The molecule has 0 saturated carbocycles.